The van der Waals surface area contributed by atoms with Gasteiger partial charge in [-0.05, 0) is 43.7 Å². The Labute approximate surface area is 335 Å². The van der Waals surface area contributed by atoms with Crippen molar-refractivity contribution in [3.63, 3.8) is 0 Å². The lowest BCUT2D eigenvalue weighted by atomic mass is 9.96. The molecule has 1 aromatic heterocycles. The van der Waals surface area contributed by atoms with Gasteiger partial charge in [-0.25, -0.2) is 0 Å². The number of Topliss-reactive ketones (excluding diaryl/α,β-unsaturated/α-hetero) is 1. The number of carbonyl (C=O) groups is 8. The highest BCUT2D eigenvalue weighted by Gasteiger charge is 2.39. The molecule has 2 aliphatic rings. The molecule has 1 unspecified atom stereocenters. The van der Waals surface area contributed by atoms with Gasteiger partial charge in [-0.1, -0.05) is 39.8 Å². The van der Waals surface area contributed by atoms with Crippen molar-refractivity contribution in [2.75, 3.05) is 24.6 Å². The number of H-pyrrole nitrogens is 1. The van der Waals surface area contributed by atoms with Crippen LogP contribution in [0.4, 0.5) is 0 Å². The van der Waals surface area contributed by atoms with Crippen LogP contribution in [0.25, 0.3) is 10.9 Å². The minimum absolute atomic E-state index is 0.0157. The number of ketones is 1. The summed E-state index contributed by atoms with van der Waals surface area (Å²) in [5, 5.41) is 26.1. The van der Waals surface area contributed by atoms with Crippen LogP contribution in [-0.4, -0.2) is 124 Å². The lowest BCUT2D eigenvalue weighted by molar-refractivity contribution is -0.141. The first-order valence-corrected chi connectivity index (χ1v) is 20.8. The third kappa shape index (κ3) is 14.0. The fraction of sp³-hybridized carbons (Fsp3) is 0.514. The van der Waals surface area contributed by atoms with Crippen LogP contribution in [0.2, 0.25) is 0 Å². The maximum absolute atomic E-state index is 14.1. The number of fused-ring (bicyclic) bond motifs is 3. The standard InChI is InChI=1S/C35H49N11O9S2/c36-31(52)26-17-57-56-12-10-27(47)43-22(7-3-4-11-39-35(37)38)32(53)41-16-28(48)44-25(14-29(49)50)34(55)45-24(13-18-15-40-20-6-2-1-5-19(18)20)30(51)21-8-9-23(42-21)33(54)46-26/h1-2,5-6,15,21-26,40,42H,3-4,7-14,16-17H2,(H2,36,52)(H,41,53)(H,43,47)(H,44,48)(H,45,55)(H,46,54)(H,49,50)(H4,37,38,39)/t21?,22-,23-,24-,25-,26-/m0/s1. The van der Waals surface area contributed by atoms with Gasteiger partial charge < -0.3 is 53.9 Å². The number of rotatable bonds is 10. The van der Waals surface area contributed by atoms with Gasteiger partial charge in [-0.3, -0.25) is 48.7 Å². The lowest BCUT2D eigenvalue weighted by Crippen LogP contribution is -2.57. The molecule has 1 aromatic carbocycles. The van der Waals surface area contributed by atoms with Gasteiger partial charge in [0.15, 0.2) is 11.7 Å². The fourth-order valence-corrected chi connectivity index (χ4v) is 8.50. The number of carboxylic acids is 1. The molecule has 6 amide bonds. The second-order valence-corrected chi connectivity index (χ2v) is 16.2. The van der Waals surface area contributed by atoms with Gasteiger partial charge in [0.1, 0.15) is 18.1 Å². The summed E-state index contributed by atoms with van der Waals surface area (Å²) in [6, 6.07) is 0.494. The average molecular weight is 832 g/mol. The van der Waals surface area contributed by atoms with Crippen molar-refractivity contribution in [1.82, 2.24) is 36.9 Å². The number of amides is 6. The van der Waals surface area contributed by atoms with Crippen LogP contribution < -0.4 is 49.1 Å². The zero-order valence-electron chi connectivity index (χ0n) is 31.0. The molecule has 310 valence electrons. The van der Waals surface area contributed by atoms with E-state index < -0.39 is 96.4 Å². The van der Waals surface area contributed by atoms with Crippen LogP contribution >= 0.6 is 21.6 Å². The minimum Gasteiger partial charge on any atom is -0.481 e. The molecule has 57 heavy (non-hydrogen) atoms. The summed E-state index contributed by atoms with van der Waals surface area (Å²) in [5.74, 6) is -6.03. The van der Waals surface area contributed by atoms with Crippen molar-refractivity contribution in [2.45, 2.75) is 87.6 Å². The molecule has 0 radical (unpaired) electrons. The van der Waals surface area contributed by atoms with Gasteiger partial charge in [-0.15, -0.1) is 0 Å². The van der Waals surface area contributed by atoms with E-state index in [9.17, 15) is 43.5 Å². The number of aromatic nitrogens is 1. The van der Waals surface area contributed by atoms with E-state index in [-0.39, 0.29) is 56.1 Å². The van der Waals surface area contributed by atoms with Crippen LogP contribution in [-0.2, 0) is 44.8 Å². The van der Waals surface area contributed by atoms with Crippen LogP contribution in [0.5, 0.6) is 0 Å². The molecule has 2 bridgehead atoms. The maximum Gasteiger partial charge on any atom is 0.305 e. The summed E-state index contributed by atoms with van der Waals surface area (Å²) in [6.07, 6.45) is 2.29. The molecule has 0 aliphatic carbocycles. The number of benzene rings is 1. The van der Waals surface area contributed by atoms with E-state index >= 15 is 0 Å². The van der Waals surface area contributed by atoms with Crippen molar-refractivity contribution in [2.24, 2.45) is 22.2 Å². The van der Waals surface area contributed by atoms with Gasteiger partial charge in [0, 0.05) is 48.0 Å². The van der Waals surface area contributed by atoms with Crippen LogP contribution in [0.1, 0.15) is 50.5 Å². The minimum atomic E-state index is -1.65. The Morgan fingerprint density at radius 2 is 1.56 bits per heavy atom. The topological polar surface area (TPSA) is 335 Å². The van der Waals surface area contributed by atoms with E-state index in [0.29, 0.717) is 18.4 Å². The van der Waals surface area contributed by atoms with Gasteiger partial charge >= 0.3 is 5.97 Å². The smallest absolute Gasteiger partial charge is 0.305 e. The number of carbonyl (C=O) groups excluding carboxylic acids is 7. The molecule has 14 N–H and O–H groups in total. The molecule has 2 fully saturated rings. The number of aromatic amines is 1. The zero-order valence-corrected chi connectivity index (χ0v) is 32.7. The zero-order chi connectivity index (χ0) is 41.5. The Morgan fingerprint density at radius 3 is 2.30 bits per heavy atom. The molecular formula is C35H49N11O9S2. The molecule has 2 saturated heterocycles. The monoisotopic (exact) mass is 831 g/mol. The van der Waals surface area contributed by atoms with E-state index in [0.717, 1.165) is 10.9 Å². The molecule has 20 nitrogen and oxygen atoms in total. The number of aliphatic carboxylic acids is 1. The molecule has 4 rings (SSSR count). The summed E-state index contributed by atoms with van der Waals surface area (Å²) >= 11 is 0. The van der Waals surface area contributed by atoms with Crippen LogP contribution in [0.15, 0.2) is 35.5 Å². The van der Waals surface area contributed by atoms with Crippen LogP contribution in [0.3, 0.4) is 0 Å². The number of unbranched alkanes of at least 4 members (excludes halogenated alkanes) is 1. The van der Waals surface area contributed by atoms with Gasteiger partial charge in [-0.2, -0.15) is 0 Å². The lowest BCUT2D eigenvalue weighted by Gasteiger charge is -2.25. The van der Waals surface area contributed by atoms with Crippen molar-refractivity contribution < 1.29 is 43.5 Å². The second-order valence-electron chi connectivity index (χ2n) is 13.6. The first-order valence-electron chi connectivity index (χ1n) is 18.3. The third-order valence-corrected chi connectivity index (χ3v) is 11.7. The number of aliphatic imine (C=N–C) groups is 1. The number of hydrogen-bond donors (Lipinski definition) is 11. The average Bonchev–Trinajstić information content (AvgIpc) is 3.82. The number of primary amides is 1. The quantitative estimate of drug-likeness (QED) is 0.0517. The normalized spacial score (nSPS) is 24.9. The SMILES string of the molecule is NC(=O)[C@@H]1CSSCCC(=O)N[C@@H](CCCCN=C(N)N)C(=O)NCC(=O)N[C@@H](CC(=O)O)C(=O)N[C@@H](Cc2c[nH]c3ccccc23)C(=O)C2CC[C@H](N2)C(=O)N1. The predicted molar refractivity (Wildman–Crippen MR) is 213 cm³/mol. The van der Waals surface area contributed by atoms with E-state index in [1.54, 1.807) is 6.20 Å². The maximum atomic E-state index is 14.1. The third-order valence-electron chi connectivity index (χ3n) is 9.26. The first-order chi connectivity index (χ1) is 27.2. The molecule has 2 aromatic rings. The first kappa shape index (κ1) is 44.4. The number of para-hydroxylation sites is 1. The highest BCUT2D eigenvalue weighted by atomic mass is 33.1. The molecular weight excluding hydrogens is 783 g/mol. The number of nitrogens with zero attached hydrogens (tertiary/aromatic N) is 1. The van der Waals surface area contributed by atoms with Gasteiger partial charge in [0.2, 0.25) is 35.4 Å². The summed E-state index contributed by atoms with van der Waals surface area (Å²) in [7, 11) is 2.47. The number of nitrogens with one attached hydrogen (secondary N) is 7. The van der Waals surface area contributed by atoms with Crippen molar-refractivity contribution in [3.8, 4) is 0 Å². The fourth-order valence-electron chi connectivity index (χ4n) is 6.33. The molecule has 0 spiro atoms. The van der Waals surface area contributed by atoms with Gasteiger partial charge in [0.25, 0.3) is 0 Å². The largest absolute Gasteiger partial charge is 0.481 e. The van der Waals surface area contributed by atoms with Crippen molar-refractivity contribution >= 4 is 85.6 Å². The molecule has 0 saturated carbocycles. The molecule has 3 heterocycles. The molecule has 6 atom stereocenters. The van der Waals surface area contributed by atoms with E-state index in [1.807, 2.05) is 24.3 Å². The molecule has 22 heteroatoms. The van der Waals surface area contributed by atoms with E-state index in [1.165, 1.54) is 21.6 Å². The second kappa shape index (κ2) is 21.8. The Kier molecular flexibility index (Phi) is 17.0. The number of hydrogen-bond acceptors (Lipinski definition) is 12. The summed E-state index contributed by atoms with van der Waals surface area (Å²) < 4.78 is 0. The number of guanidine groups is 1. The Bertz CT molecular complexity index is 1840. The Balaban J connectivity index is 1.58. The van der Waals surface area contributed by atoms with E-state index in [4.69, 9.17) is 17.2 Å². The number of nitrogens with two attached hydrogens (primary N) is 3. The number of carboxylic acid groups (broad SMARTS) is 1. The van der Waals surface area contributed by atoms with Crippen molar-refractivity contribution in [1.29, 1.82) is 0 Å². The summed E-state index contributed by atoms with van der Waals surface area (Å²) in [5.41, 5.74) is 17.8. The van der Waals surface area contributed by atoms with Crippen LogP contribution in [0, 0.1) is 0 Å². The predicted octanol–water partition coefficient (Wildman–Crippen LogP) is -2.36. The van der Waals surface area contributed by atoms with E-state index in [2.05, 4.69) is 41.9 Å². The molecule has 2 aliphatic heterocycles. The Morgan fingerprint density at radius 1 is 0.825 bits per heavy atom. The van der Waals surface area contributed by atoms with Gasteiger partial charge in [0.05, 0.1) is 31.1 Å². The highest BCUT2D eigenvalue weighted by Crippen LogP contribution is 2.24. The summed E-state index contributed by atoms with van der Waals surface area (Å²) in [6.45, 7) is -0.379. The Hall–Kier alpha value is -5.35. The highest BCUT2D eigenvalue weighted by molar-refractivity contribution is 8.76. The summed E-state index contributed by atoms with van der Waals surface area (Å²) in [4.78, 5) is 111. The van der Waals surface area contributed by atoms with Crippen molar-refractivity contribution in [3.05, 3.63) is 36.0 Å².